The number of nitrogens with one attached hydrogen (secondary N) is 5. The molecular formula is C25H40N10O7S2. The van der Waals surface area contributed by atoms with Gasteiger partial charge in [-0.3, -0.25) is 33.8 Å². The first-order valence-corrected chi connectivity index (χ1v) is 15.8. The highest BCUT2D eigenvalue weighted by Gasteiger charge is 2.30. The largest absolute Gasteiger partial charge is 0.481 e. The summed E-state index contributed by atoms with van der Waals surface area (Å²) in [6.45, 7) is 3.44. The number of nitrogens with two attached hydrogens (primary N) is 3. The number of amides is 5. The Morgan fingerprint density at radius 3 is 2.36 bits per heavy atom. The van der Waals surface area contributed by atoms with E-state index >= 15 is 0 Å². The van der Waals surface area contributed by atoms with Crippen LogP contribution in [0.15, 0.2) is 10.4 Å². The fraction of sp³-hybridized carbons (Fsp3) is 0.600. The molecule has 2 rings (SSSR count). The maximum atomic E-state index is 13.4. The van der Waals surface area contributed by atoms with E-state index in [0.717, 1.165) is 0 Å². The number of guanidine groups is 1. The number of primary amides is 1. The van der Waals surface area contributed by atoms with Gasteiger partial charge in [0.05, 0.1) is 18.7 Å². The molecule has 1 aromatic rings. The number of fused-ring (bicyclic) bond motifs is 2. The van der Waals surface area contributed by atoms with Gasteiger partial charge in [0.1, 0.15) is 24.2 Å². The van der Waals surface area contributed by atoms with Crippen molar-refractivity contribution < 1.29 is 33.9 Å². The molecule has 0 spiro atoms. The third-order valence-corrected chi connectivity index (χ3v) is 7.99. The van der Waals surface area contributed by atoms with Crippen LogP contribution >= 0.6 is 23.1 Å². The van der Waals surface area contributed by atoms with E-state index in [1.807, 2.05) is 13.8 Å². The smallest absolute Gasteiger partial charge is 0.305 e. The van der Waals surface area contributed by atoms with Gasteiger partial charge in [-0.25, -0.2) is 4.98 Å². The summed E-state index contributed by atoms with van der Waals surface area (Å²) >= 11 is 2.53. The Bertz CT molecular complexity index is 1220. The molecule has 1 aliphatic rings. The summed E-state index contributed by atoms with van der Waals surface area (Å²) in [6, 6.07) is -4.55. The molecule has 2 bridgehead atoms. The molecule has 2 heterocycles. The highest BCUT2D eigenvalue weighted by molar-refractivity contribution is 7.98. The van der Waals surface area contributed by atoms with Crippen molar-refractivity contribution in [1.29, 1.82) is 0 Å². The van der Waals surface area contributed by atoms with E-state index in [9.17, 15) is 33.9 Å². The summed E-state index contributed by atoms with van der Waals surface area (Å²) in [6.07, 6.45) is 0.0757. The maximum Gasteiger partial charge on any atom is 0.305 e. The Morgan fingerprint density at radius 1 is 1.02 bits per heavy atom. The minimum Gasteiger partial charge on any atom is -0.481 e. The zero-order valence-corrected chi connectivity index (χ0v) is 26.1. The number of thioether (sulfide) groups is 1. The van der Waals surface area contributed by atoms with E-state index in [0.29, 0.717) is 29.4 Å². The van der Waals surface area contributed by atoms with Gasteiger partial charge in [-0.1, -0.05) is 13.8 Å². The Morgan fingerprint density at radius 2 is 1.73 bits per heavy atom. The summed E-state index contributed by atoms with van der Waals surface area (Å²) in [7, 11) is 0. The maximum absolute atomic E-state index is 13.4. The lowest BCUT2D eigenvalue weighted by atomic mass is 10.0. The minimum atomic E-state index is -1.56. The summed E-state index contributed by atoms with van der Waals surface area (Å²) in [5, 5.41) is 24.5. The lowest BCUT2D eigenvalue weighted by Gasteiger charge is -2.24. The van der Waals surface area contributed by atoms with Crippen LogP contribution in [0.3, 0.4) is 0 Å². The first kappa shape index (κ1) is 36.1. The van der Waals surface area contributed by atoms with E-state index in [1.165, 1.54) is 23.1 Å². The van der Waals surface area contributed by atoms with Crippen molar-refractivity contribution in [2.75, 3.05) is 24.2 Å². The van der Waals surface area contributed by atoms with Crippen LogP contribution in [0.1, 0.15) is 45.2 Å². The first-order chi connectivity index (χ1) is 20.7. The summed E-state index contributed by atoms with van der Waals surface area (Å²) in [5.41, 5.74) is 16.8. The quantitative estimate of drug-likeness (QED) is 0.0778. The molecule has 12 N–H and O–H groups in total. The number of carboxylic acids is 1. The van der Waals surface area contributed by atoms with E-state index in [1.54, 1.807) is 5.38 Å². The van der Waals surface area contributed by atoms with Gasteiger partial charge < -0.3 is 48.9 Å². The summed E-state index contributed by atoms with van der Waals surface area (Å²) < 4.78 is 0. The van der Waals surface area contributed by atoms with Gasteiger partial charge in [-0.15, -0.1) is 11.3 Å². The van der Waals surface area contributed by atoms with Gasteiger partial charge in [0, 0.05) is 23.4 Å². The third-order valence-electron chi connectivity index (χ3n) is 6.10. The van der Waals surface area contributed by atoms with Crippen molar-refractivity contribution in [3.05, 3.63) is 11.1 Å². The number of hydrogen-bond acceptors (Lipinski definition) is 11. The number of aliphatic imine (C=N–C) groups is 1. The predicted molar refractivity (Wildman–Crippen MR) is 165 cm³/mol. The summed E-state index contributed by atoms with van der Waals surface area (Å²) in [5.74, 6) is -4.84. The van der Waals surface area contributed by atoms with Gasteiger partial charge in [0.2, 0.25) is 29.5 Å². The molecule has 2 unspecified atom stereocenters. The number of aliphatic carboxylic acids is 1. The van der Waals surface area contributed by atoms with Crippen molar-refractivity contribution in [2.24, 2.45) is 28.1 Å². The highest BCUT2D eigenvalue weighted by atomic mass is 32.2. The molecule has 0 aromatic carbocycles. The number of carbonyl (C=O) groups excluding carboxylic acids is 5. The highest BCUT2D eigenvalue weighted by Crippen LogP contribution is 2.22. The van der Waals surface area contributed by atoms with Crippen LogP contribution in [0.25, 0.3) is 0 Å². The number of rotatable bonds is 9. The predicted octanol–water partition coefficient (Wildman–Crippen LogP) is -2.20. The average molecular weight is 657 g/mol. The van der Waals surface area contributed by atoms with Crippen molar-refractivity contribution in [1.82, 2.24) is 26.3 Å². The van der Waals surface area contributed by atoms with E-state index in [-0.39, 0.29) is 30.6 Å². The fourth-order valence-electron chi connectivity index (χ4n) is 4.00. The van der Waals surface area contributed by atoms with Gasteiger partial charge in [-0.2, -0.15) is 11.8 Å². The number of hydrogen-bond donors (Lipinski definition) is 9. The van der Waals surface area contributed by atoms with Crippen LogP contribution in [0, 0.1) is 5.92 Å². The van der Waals surface area contributed by atoms with Crippen molar-refractivity contribution in [3.63, 3.8) is 0 Å². The molecule has 244 valence electrons. The topological polar surface area (TPSA) is 286 Å². The molecule has 0 fully saturated rings. The molecule has 0 saturated carbocycles. The third kappa shape index (κ3) is 13.0. The number of aromatic nitrogens is 1. The Labute approximate surface area is 262 Å². The van der Waals surface area contributed by atoms with E-state index < -0.39 is 72.6 Å². The number of carbonyl (C=O) groups is 6. The molecule has 19 heteroatoms. The number of anilines is 1. The molecule has 0 aliphatic carbocycles. The molecule has 0 saturated heterocycles. The standard InChI is InChI=1S/C25H40N10O7S2/c1-12(2)6-15-22(41)33-14(4-3-5-29-24(27)28)21(40)30-8-18(36)32-16(7-19(37)38)23(42)34-17(20(26)39)11-43-9-13-10-44-25(31-13)35-15/h10,12,14-17H,3-9,11H2,1-2H3,(H2,26,39)(H,30,40)(H,31,35)(H,32,36)(H,33,41)(H,34,42)(H,37,38)(H4,27,28,29)/t14-,15?,16?,17-/m0/s1. The average Bonchev–Trinajstić information content (AvgIpc) is 3.37. The number of nitrogens with zero attached hydrogens (tertiary/aromatic N) is 2. The molecule has 5 amide bonds. The van der Waals surface area contributed by atoms with Crippen LogP contribution in [0.5, 0.6) is 0 Å². The molecular weight excluding hydrogens is 616 g/mol. The molecule has 1 aromatic heterocycles. The molecule has 0 radical (unpaired) electrons. The zero-order chi connectivity index (χ0) is 32.8. The molecule has 44 heavy (non-hydrogen) atoms. The Kier molecular flexibility index (Phi) is 14.6. The monoisotopic (exact) mass is 656 g/mol. The van der Waals surface area contributed by atoms with E-state index in [2.05, 4.69) is 36.6 Å². The lowest BCUT2D eigenvalue weighted by molar-refractivity contribution is -0.141. The first-order valence-electron chi connectivity index (χ1n) is 13.8. The van der Waals surface area contributed by atoms with Crippen LogP contribution in [-0.4, -0.2) is 94.6 Å². The second-order valence-electron chi connectivity index (χ2n) is 10.4. The van der Waals surface area contributed by atoms with Crippen LogP contribution in [-0.2, 0) is 34.5 Å². The van der Waals surface area contributed by atoms with Crippen molar-refractivity contribution >= 4 is 69.7 Å². The normalized spacial score (nSPS) is 22.4. The van der Waals surface area contributed by atoms with Gasteiger partial charge in [0.25, 0.3) is 0 Å². The van der Waals surface area contributed by atoms with Crippen LogP contribution in [0.2, 0.25) is 0 Å². The SMILES string of the molecule is CC(C)CC1Nc2nc(cs2)CSC[C@@H](C(N)=O)NC(=O)C(CC(=O)O)NC(=O)CNC(=O)[C@H](CCCN=C(N)N)NC1=O. The molecule has 1 aliphatic heterocycles. The van der Waals surface area contributed by atoms with Crippen molar-refractivity contribution in [2.45, 2.75) is 69.5 Å². The zero-order valence-electron chi connectivity index (χ0n) is 24.5. The number of thiazole rings is 1. The lowest BCUT2D eigenvalue weighted by Crippen LogP contribution is -2.56. The summed E-state index contributed by atoms with van der Waals surface area (Å²) in [4.78, 5) is 83.9. The Hall–Kier alpha value is -4.13. The van der Waals surface area contributed by atoms with Crippen LogP contribution < -0.4 is 43.8 Å². The minimum absolute atomic E-state index is 0.0497. The van der Waals surface area contributed by atoms with Gasteiger partial charge >= 0.3 is 5.97 Å². The second-order valence-corrected chi connectivity index (χ2v) is 12.3. The van der Waals surface area contributed by atoms with E-state index in [4.69, 9.17) is 17.2 Å². The number of carboxylic acid groups (broad SMARTS) is 1. The van der Waals surface area contributed by atoms with Gasteiger partial charge in [-0.05, 0) is 25.2 Å². The van der Waals surface area contributed by atoms with Gasteiger partial charge in [0.15, 0.2) is 11.1 Å². The molecule has 17 nitrogen and oxygen atoms in total. The van der Waals surface area contributed by atoms with Crippen molar-refractivity contribution in [3.8, 4) is 0 Å². The van der Waals surface area contributed by atoms with Crippen LogP contribution in [0.4, 0.5) is 5.13 Å². The Balaban J connectivity index is 2.37. The second kappa shape index (κ2) is 17.9. The fourth-order valence-corrected chi connectivity index (χ4v) is 5.83. The molecule has 4 atom stereocenters.